The van der Waals surface area contributed by atoms with Crippen molar-refractivity contribution < 1.29 is 29.1 Å². The van der Waals surface area contributed by atoms with E-state index in [1.807, 2.05) is 30.3 Å². The second kappa shape index (κ2) is 18.1. The number of carboxylic acids is 1. The summed E-state index contributed by atoms with van der Waals surface area (Å²) in [5.41, 5.74) is 28.2. The number of rotatable bonds is 19. The number of nitrogens with two attached hydrogens (primary N) is 5. The molecule has 0 heterocycles. The SMILES string of the molecule is NCCCCC(NC(=O)C(N)Cc1ccccc1)C(=O)NC(CCCN=C(N)N)C(=O)NC(CC(N)=O)C(=O)O. The molecule has 0 saturated carbocycles. The number of primary amides is 1. The third kappa shape index (κ3) is 13.5. The topological polar surface area (TPSA) is 284 Å². The average Bonchev–Trinajstić information content (AvgIpc) is 2.89. The fraction of sp³-hybridized carbons (Fsp3) is 0.520. The van der Waals surface area contributed by atoms with Crippen molar-refractivity contribution in [1.82, 2.24) is 16.0 Å². The summed E-state index contributed by atoms with van der Waals surface area (Å²) in [6, 6.07) is 4.31. The van der Waals surface area contributed by atoms with Crippen molar-refractivity contribution in [3.8, 4) is 0 Å². The molecule has 222 valence electrons. The number of hydrogen-bond acceptors (Lipinski definition) is 8. The molecule has 0 spiro atoms. The van der Waals surface area contributed by atoms with Gasteiger partial charge in [-0.3, -0.25) is 24.2 Å². The summed E-state index contributed by atoms with van der Waals surface area (Å²) in [4.78, 5) is 65.7. The third-order valence-corrected chi connectivity index (χ3v) is 5.81. The fourth-order valence-electron chi connectivity index (χ4n) is 3.72. The molecule has 1 aromatic rings. The number of benzene rings is 1. The van der Waals surface area contributed by atoms with Crippen molar-refractivity contribution in [1.29, 1.82) is 0 Å². The number of carboxylic acid groups (broad SMARTS) is 1. The monoisotopic (exact) mass is 563 g/mol. The molecule has 0 saturated heterocycles. The molecule has 0 aliphatic carbocycles. The van der Waals surface area contributed by atoms with Gasteiger partial charge in [-0.15, -0.1) is 0 Å². The Labute approximate surface area is 232 Å². The van der Waals surface area contributed by atoms with Gasteiger partial charge in [0.2, 0.25) is 23.6 Å². The highest BCUT2D eigenvalue weighted by Gasteiger charge is 2.30. The van der Waals surface area contributed by atoms with Crippen molar-refractivity contribution in [3.63, 3.8) is 0 Å². The fourth-order valence-corrected chi connectivity index (χ4v) is 3.72. The predicted octanol–water partition coefficient (Wildman–Crippen LogP) is -2.85. The van der Waals surface area contributed by atoms with E-state index in [0.717, 1.165) is 5.56 Å². The number of hydrogen-bond donors (Lipinski definition) is 9. The van der Waals surface area contributed by atoms with Gasteiger partial charge in [0, 0.05) is 6.54 Å². The zero-order valence-electron chi connectivity index (χ0n) is 22.4. The van der Waals surface area contributed by atoms with E-state index >= 15 is 0 Å². The molecular formula is C25H41N9O6. The van der Waals surface area contributed by atoms with Gasteiger partial charge in [-0.25, -0.2) is 4.79 Å². The summed E-state index contributed by atoms with van der Waals surface area (Å²) in [6.45, 7) is 0.513. The van der Waals surface area contributed by atoms with Gasteiger partial charge in [-0.1, -0.05) is 30.3 Å². The Kier molecular flexibility index (Phi) is 15.3. The highest BCUT2D eigenvalue weighted by Crippen LogP contribution is 2.07. The molecule has 0 bridgehead atoms. The van der Waals surface area contributed by atoms with Crippen LogP contribution in [-0.4, -0.2) is 77.9 Å². The van der Waals surface area contributed by atoms with Crippen molar-refractivity contribution in [2.75, 3.05) is 13.1 Å². The lowest BCUT2D eigenvalue weighted by Crippen LogP contribution is -2.57. The standard InChI is InChI=1S/C25H41N9O6/c26-11-5-4-9-17(32-21(36)16(27)13-15-7-2-1-3-8-15)22(37)33-18(10-6-12-31-25(29)30)23(38)34-19(24(39)40)14-20(28)35/h1-3,7-8,16-19H,4-6,9-14,26-27H2,(H2,28,35)(H,32,36)(H,33,37)(H,34,38)(H,39,40)(H4,29,30,31). The van der Waals surface area contributed by atoms with E-state index in [4.69, 9.17) is 28.7 Å². The second-order valence-electron chi connectivity index (χ2n) is 9.22. The van der Waals surface area contributed by atoms with Crippen LogP contribution in [0.1, 0.15) is 44.1 Å². The molecular weight excluding hydrogens is 522 g/mol. The van der Waals surface area contributed by atoms with E-state index < -0.39 is 60.2 Å². The van der Waals surface area contributed by atoms with Crippen molar-refractivity contribution in [2.24, 2.45) is 33.7 Å². The van der Waals surface area contributed by atoms with Crippen LogP contribution in [-0.2, 0) is 30.4 Å². The molecule has 40 heavy (non-hydrogen) atoms. The molecule has 1 rings (SSSR count). The largest absolute Gasteiger partial charge is 0.480 e. The maximum absolute atomic E-state index is 13.3. The number of guanidine groups is 1. The zero-order valence-corrected chi connectivity index (χ0v) is 22.4. The van der Waals surface area contributed by atoms with Crippen LogP contribution < -0.4 is 44.6 Å². The van der Waals surface area contributed by atoms with Crippen molar-refractivity contribution >= 4 is 35.6 Å². The van der Waals surface area contributed by atoms with Gasteiger partial charge in [-0.2, -0.15) is 0 Å². The Morgan fingerprint density at radius 2 is 1.35 bits per heavy atom. The summed E-state index contributed by atoms with van der Waals surface area (Å²) in [7, 11) is 0. The molecule has 15 heteroatoms. The molecule has 4 atom stereocenters. The molecule has 4 unspecified atom stereocenters. The highest BCUT2D eigenvalue weighted by atomic mass is 16.4. The van der Waals surface area contributed by atoms with E-state index in [-0.39, 0.29) is 38.2 Å². The molecule has 0 radical (unpaired) electrons. The quantitative estimate of drug-likeness (QED) is 0.0471. The second-order valence-corrected chi connectivity index (χ2v) is 9.22. The van der Waals surface area contributed by atoms with Gasteiger partial charge in [0.05, 0.1) is 12.5 Å². The Bertz CT molecular complexity index is 1020. The first-order valence-electron chi connectivity index (χ1n) is 12.9. The molecule has 0 aliphatic rings. The Morgan fingerprint density at radius 3 is 1.88 bits per heavy atom. The van der Waals surface area contributed by atoms with Crippen LogP contribution in [0.15, 0.2) is 35.3 Å². The Hall–Kier alpha value is -4.24. The molecule has 0 fully saturated rings. The first kappa shape index (κ1) is 33.8. The number of nitrogens with zero attached hydrogens (tertiary/aromatic N) is 1. The number of nitrogens with one attached hydrogen (secondary N) is 3. The van der Waals surface area contributed by atoms with Crippen LogP contribution in [0.25, 0.3) is 0 Å². The zero-order chi connectivity index (χ0) is 30.1. The lowest BCUT2D eigenvalue weighted by Gasteiger charge is -2.25. The van der Waals surface area contributed by atoms with Gasteiger partial charge in [0.1, 0.15) is 18.1 Å². The van der Waals surface area contributed by atoms with E-state index in [1.54, 1.807) is 0 Å². The van der Waals surface area contributed by atoms with Crippen LogP contribution in [0.3, 0.4) is 0 Å². The summed E-state index contributed by atoms with van der Waals surface area (Å²) < 4.78 is 0. The molecule has 1 aromatic carbocycles. The van der Waals surface area contributed by atoms with Gasteiger partial charge in [0.25, 0.3) is 0 Å². The van der Waals surface area contributed by atoms with Crippen molar-refractivity contribution in [2.45, 2.75) is 69.1 Å². The van der Waals surface area contributed by atoms with Crippen LogP contribution in [0, 0.1) is 0 Å². The maximum Gasteiger partial charge on any atom is 0.326 e. The van der Waals surface area contributed by atoms with Crippen LogP contribution in [0.5, 0.6) is 0 Å². The Balaban J connectivity index is 3.04. The summed E-state index contributed by atoms with van der Waals surface area (Å²) >= 11 is 0. The number of unbranched alkanes of at least 4 members (excludes halogenated alkanes) is 1. The molecule has 0 aliphatic heterocycles. The molecule has 0 aromatic heterocycles. The maximum atomic E-state index is 13.3. The normalized spacial score (nSPS) is 13.7. The van der Waals surface area contributed by atoms with E-state index in [9.17, 15) is 29.1 Å². The third-order valence-electron chi connectivity index (χ3n) is 5.81. The van der Waals surface area contributed by atoms with Gasteiger partial charge in [0.15, 0.2) is 5.96 Å². The van der Waals surface area contributed by atoms with Gasteiger partial charge < -0.3 is 49.7 Å². The van der Waals surface area contributed by atoms with Crippen molar-refractivity contribution in [3.05, 3.63) is 35.9 Å². The number of amides is 4. The smallest absolute Gasteiger partial charge is 0.326 e. The number of carbonyl (C=O) groups is 5. The van der Waals surface area contributed by atoms with E-state index in [0.29, 0.717) is 19.4 Å². The van der Waals surface area contributed by atoms with E-state index in [1.165, 1.54) is 0 Å². The van der Waals surface area contributed by atoms with Gasteiger partial charge in [-0.05, 0) is 50.6 Å². The molecule has 4 amide bonds. The first-order chi connectivity index (χ1) is 18.9. The summed E-state index contributed by atoms with van der Waals surface area (Å²) in [5, 5.41) is 16.8. The highest BCUT2D eigenvalue weighted by molar-refractivity contribution is 5.94. The summed E-state index contributed by atoms with van der Waals surface area (Å²) in [5.74, 6) is -4.67. The predicted molar refractivity (Wildman–Crippen MR) is 148 cm³/mol. The molecule has 14 N–H and O–H groups in total. The minimum Gasteiger partial charge on any atom is -0.480 e. The lowest BCUT2D eigenvalue weighted by molar-refractivity contribution is -0.143. The number of aliphatic carboxylic acids is 1. The number of carbonyl (C=O) groups excluding carboxylic acids is 4. The van der Waals surface area contributed by atoms with Gasteiger partial charge >= 0.3 is 5.97 Å². The van der Waals surface area contributed by atoms with E-state index in [2.05, 4.69) is 20.9 Å². The average molecular weight is 564 g/mol. The Morgan fingerprint density at radius 1 is 0.800 bits per heavy atom. The molecule has 15 nitrogen and oxygen atoms in total. The lowest BCUT2D eigenvalue weighted by atomic mass is 10.0. The van der Waals surface area contributed by atoms with Crippen LogP contribution >= 0.6 is 0 Å². The first-order valence-corrected chi connectivity index (χ1v) is 12.9. The van der Waals surface area contributed by atoms with Crippen LogP contribution in [0.2, 0.25) is 0 Å². The summed E-state index contributed by atoms with van der Waals surface area (Å²) in [6.07, 6.45) is 1.18. The van der Waals surface area contributed by atoms with Crippen LogP contribution in [0.4, 0.5) is 0 Å². The minimum atomic E-state index is -1.60. The number of aliphatic imine (C=N–C) groups is 1. The minimum absolute atomic E-state index is 0.0221.